The molecule has 0 aromatic heterocycles. The number of hydrogen-bond acceptors (Lipinski definition) is 5. The Labute approximate surface area is 528 Å². The summed E-state index contributed by atoms with van der Waals surface area (Å²) in [6, 6.07) is 117. The van der Waals surface area contributed by atoms with Crippen molar-refractivity contribution in [1.82, 2.24) is 0 Å². The largest absolute Gasteiger partial charge is 0.311 e. The van der Waals surface area contributed by atoms with Crippen molar-refractivity contribution in [3.05, 3.63) is 352 Å². The number of rotatable bonds is 17. The lowest BCUT2D eigenvalue weighted by atomic mass is 10.0. The van der Waals surface area contributed by atoms with Crippen LogP contribution in [0.15, 0.2) is 352 Å². The minimum Gasteiger partial charge on any atom is -0.311 e. The molecular formula is C80H71IN4S. The third-order valence-electron chi connectivity index (χ3n) is 14.3. The fourth-order valence-electron chi connectivity index (χ4n) is 10.3. The Morgan fingerprint density at radius 1 is 0.256 bits per heavy atom. The van der Waals surface area contributed by atoms with Crippen LogP contribution in [0.1, 0.15) is 27.2 Å². The molecule has 12 aromatic rings. The molecule has 0 amide bonds. The summed E-state index contributed by atoms with van der Waals surface area (Å²) in [5, 5.41) is 0. The van der Waals surface area contributed by atoms with E-state index in [0.29, 0.717) is 0 Å². The van der Waals surface area contributed by atoms with Gasteiger partial charge in [-0.25, -0.2) is 0 Å². The van der Waals surface area contributed by atoms with Crippen molar-refractivity contribution in [2.45, 2.75) is 27.2 Å². The summed E-state index contributed by atoms with van der Waals surface area (Å²) in [7, 11) is 3.50. The first-order chi connectivity index (χ1) is 42.6. The molecule has 0 bridgehead atoms. The predicted molar refractivity (Wildman–Crippen MR) is 385 cm³/mol. The topological polar surface area (TPSA) is 13.0 Å². The maximum Gasteiger partial charge on any atom is 0.0462 e. The molecule has 0 saturated heterocycles. The van der Waals surface area contributed by atoms with E-state index in [2.05, 4.69) is 377 Å². The SMILES string of the molecule is C=C/C=C\CC.CC.SI.c1ccc(N(c2ccccc2)c2ccc(-c3ccc(N(c4ccccc4)c4ccc(-c5ccc(N(c6ccccc6)c6ccc(-c7ccc(N(c8ccccc8)c8ccccc8)cc7)cc6)cc5)cc4)cc3)cc2)cc1. The van der Waals surface area contributed by atoms with Gasteiger partial charge in [0.25, 0.3) is 0 Å². The maximum atomic E-state index is 3.51. The van der Waals surface area contributed by atoms with Crippen LogP contribution in [0.5, 0.6) is 0 Å². The first-order valence-corrected chi connectivity index (χ1v) is 32.4. The van der Waals surface area contributed by atoms with E-state index in [-0.39, 0.29) is 0 Å². The zero-order valence-electron chi connectivity index (χ0n) is 48.9. The lowest BCUT2D eigenvalue weighted by Crippen LogP contribution is -2.10. The number of benzene rings is 12. The Kier molecular flexibility index (Phi) is 22.6. The Hall–Kier alpha value is -9.60. The van der Waals surface area contributed by atoms with E-state index < -0.39 is 0 Å². The second-order valence-corrected chi connectivity index (χ2v) is 19.7. The average molecular weight is 1250 g/mol. The summed E-state index contributed by atoms with van der Waals surface area (Å²) in [6.07, 6.45) is 6.89. The highest BCUT2D eigenvalue weighted by Gasteiger charge is 2.18. The molecule has 12 aromatic carbocycles. The number of halogens is 1. The number of thiol groups is 1. The van der Waals surface area contributed by atoms with Gasteiger partial charge in [-0.3, -0.25) is 0 Å². The van der Waals surface area contributed by atoms with E-state index in [1.54, 1.807) is 6.08 Å². The van der Waals surface area contributed by atoms with Crippen molar-refractivity contribution < 1.29 is 0 Å². The minimum absolute atomic E-state index is 1.08. The van der Waals surface area contributed by atoms with E-state index >= 15 is 0 Å². The number of anilines is 12. The lowest BCUT2D eigenvalue weighted by Gasteiger charge is -2.26. The van der Waals surface area contributed by atoms with Crippen molar-refractivity contribution in [3.8, 4) is 33.4 Å². The van der Waals surface area contributed by atoms with Crippen LogP contribution in [0.25, 0.3) is 33.4 Å². The van der Waals surface area contributed by atoms with Gasteiger partial charge in [-0.2, -0.15) is 0 Å². The molecule has 0 aliphatic rings. The van der Waals surface area contributed by atoms with Crippen LogP contribution >= 0.6 is 31.0 Å². The zero-order valence-corrected chi connectivity index (χ0v) is 52.0. The molecule has 0 saturated carbocycles. The first-order valence-electron chi connectivity index (χ1n) is 29.2. The maximum absolute atomic E-state index is 3.51. The van der Waals surface area contributed by atoms with Crippen molar-refractivity contribution in [2.75, 3.05) is 19.6 Å². The highest BCUT2D eigenvalue weighted by Crippen LogP contribution is 2.41. The van der Waals surface area contributed by atoms with E-state index in [9.17, 15) is 0 Å². The molecule has 0 radical (unpaired) electrons. The quantitative estimate of drug-likeness (QED) is 0.0554. The summed E-state index contributed by atoms with van der Waals surface area (Å²) >= 11 is 1.84. The molecular weight excluding hydrogens is 1180 g/mol. The van der Waals surface area contributed by atoms with Gasteiger partial charge in [0.15, 0.2) is 0 Å². The van der Waals surface area contributed by atoms with Crippen molar-refractivity contribution in [3.63, 3.8) is 0 Å². The third kappa shape index (κ3) is 15.4. The highest BCUT2D eigenvalue weighted by molar-refractivity contribution is 14.2. The lowest BCUT2D eigenvalue weighted by molar-refractivity contribution is 1.22. The van der Waals surface area contributed by atoms with Gasteiger partial charge in [-0.05, 0) is 207 Å². The van der Waals surface area contributed by atoms with Crippen LogP contribution in [0.3, 0.4) is 0 Å². The van der Waals surface area contributed by atoms with Gasteiger partial charge in [0, 0.05) is 68.2 Å². The van der Waals surface area contributed by atoms with Crippen LogP contribution in [0.4, 0.5) is 68.2 Å². The fourth-order valence-corrected chi connectivity index (χ4v) is 10.3. The van der Waals surface area contributed by atoms with Crippen LogP contribution < -0.4 is 19.6 Å². The third-order valence-corrected chi connectivity index (χ3v) is 14.3. The number of allylic oxidation sites excluding steroid dienone is 3. The molecule has 0 aliphatic carbocycles. The minimum atomic E-state index is 1.08. The molecule has 0 heterocycles. The van der Waals surface area contributed by atoms with Crippen molar-refractivity contribution >= 4 is 99.3 Å². The van der Waals surface area contributed by atoms with Gasteiger partial charge < -0.3 is 19.6 Å². The molecule has 86 heavy (non-hydrogen) atoms. The van der Waals surface area contributed by atoms with Gasteiger partial charge >= 0.3 is 0 Å². The second-order valence-electron chi connectivity index (χ2n) is 19.7. The Balaban J connectivity index is 0.000000826. The van der Waals surface area contributed by atoms with E-state index in [4.69, 9.17) is 0 Å². The standard InChI is InChI=1S/C72H54N4.C6H10.C2H6.HIS/c1-7-19-61(20-8-1)73(62-21-9-2-10-22-62)67-43-31-55(32-44-67)57-35-47-69(48-36-57)75(65-27-15-5-16-28-65)71-51-39-59(40-52-71)60-41-53-72(54-42-60)76(66-29-17-6-18-30-66)70-49-37-58(38-50-70)56-33-45-68(46-34-56)74(63-23-11-3-12-24-63)64-25-13-4-14-26-64;1-3-5-6-4-2;2*1-2/h1-54H;3,5-6H,1,4H2,2H3;1-2H3;2H/b;6-5-;;. The van der Waals surface area contributed by atoms with Crippen LogP contribution in [0.2, 0.25) is 0 Å². The Morgan fingerprint density at radius 3 is 0.512 bits per heavy atom. The van der Waals surface area contributed by atoms with Gasteiger partial charge in [0.05, 0.1) is 0 Å². The summed E-state index contributed by atoms with van der Waals surface area (Å²) < 4.78 is 0. The van der Waals surface area contributed by atoms with Crippen LogP contribution in [0, 0.1) is 0 Å². The molecule has 0 N–H and O–H groups in total. The monoisotopic (exact) mass is 1250 g/mol. The molecule has 0 spiro atoms. The zero-order chi connectivity index (χ0) is 59.7. The number of nitrogens with zero attached hydrogens (tertiary/aromatic N) is 4. The Bertz CT molecular complexity index is 3570. The molecule has 0 atom stereocenters. The summed E-state index contributed by atoms with van der Waals surface area (Å²) in [4.78, 5) is 9.22. The van der Waals surface area contributed by atoms with Gasteiger partial charge in [-0.1, -0.05) is 228 Å². The molecule has 4 nitrogen and oxygen atoms in total. The van der Waals surface area contributed by atoms with E-state index in [0.717, 1.165) is 108 Å². The molecule has 0 aliphatic heterocycles. The molecule has 6 heteroatoms. The van der Waals surface area contributed by atoms with Gasteiger partial charge in [0.1, 0.15) is 0 Å². The molecule has 0 unspecified atom stereocenters. The molecule has 0 fully saturated rings. The summed E-state index contributed by atoms with van der Waals surface area (Å²) in [6.45, 7) is 9.61. The molecule has 424 valence electrons. The smallest absolute Gasteiger partial charge is 0.0462 e. The Morgan fingerprint density at radius 2 is 0.395 bits per heavy atom. The van der Waals surface area contributed by atoms with Crippen LogP contribution in [-0.4, -0.2) is 0 Å². The van der Waals surface area contributed by atoms with E-state index in [1.807, 2.05) is 41.1 Å². The van der Waals surface area contributed by atoms with Gasteiger partial charge in [-0.15, -0.1) is 9.80 Å². The normalized spacial score (nSPS) is 10.4. The summed E-state index contributed by atoms with van der Waals surface area (Å²) in [5.74, 6) is 0. The van der Waals surface area contributed by atoms with Gasteiger partial charge in [0.2, 0.25) is 0 Å². The van der Waals surface area contributed by atoms with Crippen molar-refractivity contribution in [2.24, 2.45) is 0 Å². The number of hydrogen-bond donors (Lipinski definition) is 1. The average Bonchev–Trinajstić information content (AvgIpc) is 2.71. The fraction of sp³-hybridized carbons (Fsp3) is 0.0500. The van der Waals surface area contributed by atoms with Crippen LogP contribution in [-0.2, 0) is 0 Å². The number of para-hydroxylation sites is 6. The van der Waals surface area contributed by atoms with Crippen molar-refractivity contribution in [1.29, 1.82) is 0 Å². The predicted octanol–water partition coefficient (Wildman–Crippen LogP) is 25.0. The van der Waals surface area contributed by atoms with E-state index in [1.165, 1.54) is 0 Å². The first kappa shape index (κ1) is 61.0. The highest BCUT2D eigenvalue weighted by atomic mass is 127. The second kappa shape index (κ2) is 31.9. The molecule has 12 rings (SSSR count). The summed E-state index contributed by atoms with van der Waals surface area (Å²) in [5.41, 5.74) is 20.2.